The molecule has 0 saturated heterocycles. The molecule has 0 aliphatic rings. The minimum atomic E-state index is -4.30. The number of sulfonamides is 1. The van der Waals surface area contributed by atoms with Crippen LogP contribution in [0.5, 0.6) is 23.0 Å². The van der Waals surface area contributed by atoms with Crippen molar-refractivity contribution in [2.24, 2.45) is 0 Å². The number of nitrogens with one attached hydrogen (secondary N) is 1. The van der Waals surface area contributed by atoms with Crippen LogP contribution in [0.15, 0.2) is 53.4 Å². The molecule has 0 saturated carbocycles. The van der Waals surface area contributed by atoms with Gasteiger partial charge in [0.15, 0.2) is 23.1 Å². The molecule has 3 aromatic carbocycles. The summed E-state index contributed by atoms with van der Waals surface area (Å²) in [6, 6.07) is 10.6. The molecule has 0 aliphatic carbocycles. The maximum Gasteiger partial charge on any atom is 0.262 e. The molecular weight excluding hydrogens is 468 g/mol. The predicted molar refractivity (Wildman–Crippen MR) is 125 cm³/mol. The van der Waals surface area contributed by atoms with E-state index in [4.69, 9.17) is 18.9 Å². The number of benzene rings is 3. The van der Waals surface area contributed by atoms with E-state index in [2.05, 4.69) is 4.72 Å². The molecule has 0 aromatic heterocycles. The second-order valence-corrected chi connectivity index (χ2v) is 8.58. The molecule has 0 heterocycles. The highest BCUT2D eigenvalue weighted by Gasteiger charge is 2.21. The number of halogens is 2. The summed E-state index contributed by atoms with van der Waals surface area (Å²) < 4.78 is 77.5. The highest BCUT2D eigenvalue weighted by atomic mass is 32.2. The molecule has 1 N–H and O–H groups in total. The lowest BCUT2D eigenvalue weighted by Gasteiger charge is -2.14. The van der Waals surface area contributed by atoms with Crippen molar-refractivity contribution in [2.45, 2.75) is 4.90 Å². The van der Waals surface area contributed by atoms with Gasteiger partial charge in [-0.3, -0.25) is 4.72 Å². The molecule has 0 fully saturated rings. The van der Waals surface area contributed by atoms with E-state index in [-0.39, 0.29) is 21.9 Å². The van der Waals surface area contributed by atoms with Crippen molar-refractivity contribution in [1.29, 1.82) is 0 Å². The third-order valence-corrected chi connectivity index (χ3v) is 6.19. The number of rotatable bonds is 9. The lowest BCUT2D eigenvalue weighted by Crippen LogP contribution is -2.15. The average molecular weight is 492 g/mol. The summed E-state index contributed by atoms with van der Waals surface area (Å²) in [4.78, 5) is -0.353. The first kappa shape index (κ1) is 24.8. The van der Waals surface area contributed by atoms with Gasteiger partial charge in [-0.2, -0.15) is 0 Å². The Morgan fingerprint density at radius 1 is 0.794 bits per heavy atom. The van der Waals surface area contributed by atoms with E-state index in [1.54, 1.807) is 18.2 Å². The van der Waals surface area contributed by atoms with Crippen LogP contribution in [0.2, 0.25) is 0 Å². The fourth-order valence-corrected chi connectivity index (χ4v) is 4.30. The van der Waals surface area contributed by atoms with Crippen LogP contribution in [0.4, 0.5) is 14.5 Å². The Kier molecular flexibility index (Phi) is 7.62. The zero-order valence-electron chi connectivity index (χ0n) is 18.9. The van der Waals surface area contributed by atoms with Gasteiger partial charge in [-0.15, -0.1) is 0 Å². The Balaban J connectivity index is 2.07. The SMILES string of the molecule is COc1ccc(/C=C\c2cc(OC)c(OC)c(OC)c2)c(NS(=O)(=O)c2cccc(F)c2)c1F. The Hall–Kier alpha value is -3.79. The molecule has 10 heteroatoms. The zero-order valence-corrected chi connectivity index (χ0v) is 19.7. The van der Waals surface area contributed by atoms with Gasteiger partial charge in [-0.25, -0.2) is 17.2 Å². The number of ether oxygens (including phenoxy) is 4. The maximum absolute atomic E-state index is 15.1. The summed E-state index contributed by atoms with van der Waals surface area (Å²) in [5.41, 5.74) is 0.462. The summed E-state index contributed by atoms with van der Waals surface area (Å²) in [6.07, 6.45) is 3.12. The zero-order chi connectivity index (χ0) is 24.9. The van der Waals surface area contributed by atoms with Crippen molar-refractivity contribution in [1.82, 2.24) is 0 Å². The first-order valence-corrected chi connectivity index (χ1v) is 11.3. The Morgan fingerprint density at radius 3 is 2.00 bits per heavy atom. The van der Waals surface area contributed by atoms with Gasteiger partial charge < -0.3 is 18.9 Å². The monoisotopic (exact) mass is 491 g/mol. The molecule has 34 heavy (non-hydrogen) atoms. The Morgan fingerprint density at radius 2 is 1.44 bits per heavy atom. The van der Waals surface area contributed by atoms with Crippen molar-refractivity contribution in [3.8, 4) is 23.0 Å². The molecule has 0 aliphatic heterocycles. The number of hydrogen-bond donors (Lipinski definition) is 1. The van der Waals surface area contributed by atoms with Crippen LogP contribution in [0, 0.1) is 11.6 Å². The Bertz CT molecular complexity index is 1300. The minimum Gasteiger partial charge on any atom is -0.494 e. The third-order valence-electron chi connectivity index (χ3n) is 4.84. The molecule has 0 bridgehead atoms. The highest BCUT2D eigenvalue weighted by Crippen LogP contribution is 2.39. The standard InChI is InChI=1S/C24H23F2NO6S/c1-30-19-11-10-16(9-8-15-12-20(31-2)24(33-4)21(13-15)32-3)23(22(19)26)27-34(28,29)18-7-5-6-17(25)14-18/h5-14,27H,1-4H3/b9-8-. The van der Waals surface area contributed by atoms with Gasteiger partial charge in [0, 0.05) is 5.56 Å². The van der Waals surface area contributed by atoms with E-state index < -0.39 is 21.7 Å². The van der Waals surface area contributed by atoms with E-state index in [1.165, 1.54) is 58.8 Å². The third kappa shape index (κ3) is 5.23. The van der Waals surface area contributed by atoms with E-state index in [1.807, 2.05) is 0 Å². The fourth-order valence-electron chi connectivity index (χ4n) is 3.18. The van der Waals surface area contributed by atoms with Crippen LogP contribution < -0.4 is 23.7 Å². The molecule has 7 nitrogen and oxygen atoms in total. The molecule has 3 rings (SSSR count). The van der Waals surface area contributed by atoms with Crippen LogP contribution in [0.3, 0.4) is 0 Å². The molecule has 0 spiro atoms. The molecular formula is C24H23F2NO6S. The highest BCUT2D eigenvalue weighted by molar-refractivity contribution is 7.92. The van der Waals surface area contributed by atoms with Crippen LogP contribution in [0.25, 0.3) is 12.2 Å². The maximum atomic E-state index is 15.1. The van der Waals surface area contributed by atoms with Crippen molar-refractivity contribution < 1.29 is 36.1 Å². The van der Waals surface area contributed by atoms with Crippen molar-refractivity contribution in [3.63, 3.8) is 0 Å². The van der Waals surface area contributed by atoms with Crippen LogP contribution in [-0.2, 0) is 10.0 Å². The first-order valence-electron chi connectivity index (χ1n) is 9.87. The fraction of sp³-hybridized carbons (Fsp3) is 0.167. The summed E-state index contributed by atoms with van der Waals surface area (Å²) in [7, 11) is 1.39. The van der Waals surface area contributed by atoms with Gasteiger partial charge in [0.25, 0.3) is 10.0 Å². The smallest absolute Gasteiger partial charge is 0.262 e. The van der Waals surface area contributed by atoms with E-state index >= 15 is 4.39 Å². The van der Waals surface area contributed by atoms with Crippen molar-refractivity contribution in [2.75, 3.05) is 33.2 Å². The average Bonchev–Trinajstić information content (AvgIpc) is 2.83. The number of hydrogen-bond acceptors (Lipinski definition) is 6. The van der Waals surface area contributed by atoms with Crippen molar-refractivity contribution in [3.05, 3.63) is 71.3 Å². The minimum absolute atomic E-state index is 0.165. The molecule has 0 radical (unpaired) electrons. The predicted octanol–water partition coefficient (Wildman–Crippen LogP) is 4.97. The lowest BCUT2D eigenvalue weighted by atomic mass is 10.1. The molecule has 180 valence electrons. The van der Waals surface area contributed by atoms with Gasteiger partial charge in [-0.1, -0.05) is 18.2 Å². The van der Waals surface area contributed by atoms with Gasteiger partial charge in [-0.05, 0) is 48.0 Å². The molecule has 0 amide bonds. The van der Waals surface area contributed by atoms with Gasteiger partial charge in [0.05, 0.1) is 39.0 Å². The van der Waals surface area contributed by atoms with Gasteiger partial charge >= 0.3 is 0 Å². The van der Waals surface area contributed by atoms with Crippen LogP contribution >= 0.6 is 0 Å². The first-order chi connectivity index (χ1) is 16.2. The van der Waals surface area contributed by atoms with Crippen molar-refractivity contribution >= 4 is 27.9 Å². The topological polar surface area (TPSA) is 83.1 Å². The Labute approximate surface area is 196 Å². The number of anilines is 1. The molecule has 0 atom stereocenters. The summed E-state index contributed by atoms with van der Waals surface area (Å²) in [6.45, 7) is 0. The lowest BCUT2D eigenvalue weighted by molar-refractivity contribution is 0.324. The number of methoxy groups -OCH3 is 4. The van der Waals surface area contributed by atoms with E-state index in [0.29, 0.717) is 22.8 Å². The summed E-state index contributed by atoms with van der Waals surface area (Å²) in [5.74, 6) is -0.599. The summed E-state index contributed by atoms with van der Waals surface area (Å²) in [5, 5.41) is 0. The molecule has 3 aromatic rings. The quantitative estimate of drug-likeness (QED) is 0.426. The second-order valence-electron chi connectivity index (χ2n) is 6.90. The largest absolute Gasteiger partial charge is 0.494 e. The van der Waals surface area contributed by atoms with Gasteiger partial charge in [0.1, 0.15) is 5.82 Å². The van der Waals surface area contributed by atoms with E-state index in [0.717, 1.165) is 12.1 Å². The van der Waals surface area contributed by atoms with E-state index in [9.17, 15) is 12.8 Å². The van der Waals surface area contributed by atoms with Crippen LogP contribution in [0.1, 0.15) is 11.1 Å². The normalized spacial score (nSPS) is 11.4. The van der Waals surface area contributed by atoms with Gasteiger partial charge in [0.2, 0.25) is 5.75 Å². The summed E-state index contributed by atoms with van der Waals surface area (Å²) >= 11 is 0. The second kappa shape index (κ2) is 10.4. The molecule has 0 unspecified atom stereocenters. The van der Waals surface area contributed by atoms with Crippen LogP contribution in [-0.4, -0.2) is 36.9 Å².